The molecule has 1 amide bonds. The minimum atomic E-state index is -0.902. The average Bonchev–Trinajstić information content (AvgIpc) is 2.60. The third-order valence-electron chi connectivity index (χ3n) is 6.39. The summed E-state index contributed by atoms with van der Waals surface area (Å²) in [6, 6.07) is 5.17. The Kier molecular flexibility index (Phi) is 4.40. The zero-order chi connectivity index (χ0) is 19.2. The number of hydrogen-bond donors (Lipinski definition) is 1. The van der Waals surface area contributed by atoms with Gasteiger partial charge >= 0.3 is 5.97 Å². The molecule has 0 saturated heterocycles. The molecule has 1 atom stereocenters. The van der Waals surface area contributed by atoms with E-state index in [-0.39, 0.29) is 22.7 Å². The van der Waals surface area contributed by atoms with Crippen LogP contribution in [0, 0.1) is 27.9 Å². The number of nitro benzene ring substituents is 1. The van der Waals surface area contributed by atoms with Gasteiger partial charge in [0, 0.05) is 17.7 Å². The van der Waals surface area contributed by atoms with E-state index in [1.165, 1.54) is 43.5 Å². The van der Waals surface area contributed by atoms with E-state index in [0.717, 1.165) is 37.0 Å². The number of rotatable bonds is 5. The molecule has 1 aromatic rings. The number of non-ortho nitro benzene ring substituents is 1. The number of nitrogens with one attached hydrogen (secondary N) is 1. The maximum absolute atomic E-state index is 12.7. The van der Waals surface area contributed by atoms with Crippen LogP contribution in [0.15, 0.2) is 24.3 Å². The van der Waals surface area contributed by atoms with Gasteiger partial charge in [-0.1, -0.05) is 0 Å². The molecule has 5 rings (SSSR count). The highest BCUT2D eigenvalue weighted by molar-refractivity contribution is 5.92. The minimum Gasteiger partial charge on any atom is -0.449 e. The molecule has 0 heterocycles. The number of nitro groups is 1. The van der Waals surface area contributed by atoms with E-state index in [0.29, 0.717) is 0 Å². The standard InChI is InChI=1S/C20H24N2O5/c1-12(27-19(24)16-2-4-17(5-3-16)22(25)26)18(23)21-20-9-13-6-14(10-20)8-15(7-13)11-20/h2-5,12-15H,6-11H2,1H3,(H,21,23)/t12-,13?,14?,15?,20?/m0/s1. The van der Waals surface area contributed by atoms with Crippen molar-refractivity contribution in [3.05, 3.63) is 39.9 Å². The first kappa shape index (κ1) is 17.9. The van der Waals surface area contributed by atoms with E-state index in [2.05, 4.69) is 5.32 Å². The zero-order valence-corrected chi connectivity index (χ0v) is 15.3. The van der Waals surface area contributed by atoms with Crippen LogP contribution in [0.1, 0.15) is 55.8 Å². The van der Waals surface area contributed by atoms with Gasteiger partial charge in [0.2, 0.25) is 0 Å². The van der Waals surface area contributed by atoms with E-state index >= 15 is 0 Å². The number of carbonyl (C=O) groups excluding carboxylic acids is 2. The second kappa shape index (κ2) is 6.62. The van der Waals surface area contributed by atoms with Gasteiger partial charge < -0.3 is 10.1 Å². The van der Waals surface area contributed by atoms with Crippen molar-refractivity contribution < 1.29 is 19.2 Å². The molecule has 7 nitrogen and oxygen atoms in total. The lowest BCUT2D eigenvalue weighted by atomic mass is 9.53. The number of esters is 1. The number of hydrogen-bond acceptors (Lipinski definition) is 5. The van der Waals surface area contributed by atoms with Gasteiger partial charge in [0.05, 0.1) is 10.5 Å². The molecule has 1 aromatic carbocycles. The van der Waals surface area contributed by atoms with Crippen LogP contribution in [-0.2, 0) is 9.53 Å². The first-order chi connectivity index (χ1) is 12.8. The number of amides is 1. The van der Waals surface area contributed by atoms with Gasteiger partial charge in [0.1, 0.15) is 0 Å². The van der Waals surface area contributed by atoms with Gasteiger partial charge in [0.25, 0.3) is 11.6 Å². The molecule has 1 N–H and O–H groups in total. The summed E-state index contributed by atoms with van der Waals surface area (Å²) in [6.07, 6.45) is 6.08. The van der Waals surface area contributed by atoms with E-state index in [4.69, 9.17) is 4.74 Å². The molecule has 0 aliphatic heterocycles. The van der Waals surface area contributed by atoms with Crippen molar-refractivity contribution in [2.24, 2.45) is 17.8 Å². The van der Waals surface area contributed by atoms with E-state index in [1.807, 2.05) is 0 Å². The smallest absolute Gasteiger partial charge is 0.338 e. The van der Waals surface area contributed by atoms with Crippen molar-refractivity contribution in [2.75, 3.05) is 0 Å². The summed E-state index contributed by atoms with van der Waals surface area (Å²) in [7, 11) is 0. The molecule has 7 heteroatoms. The topological polar surface area (TPSA) is 98.5 Å². The average molecular weight is 372 g/mol. The highest BCUT2D eigenvalue weighted by Gasteiger charge is 2.51. The number of carbonyl (C=O) groups is 2. The van der Waals surface area contributed by atoms with Crippen molar-refractivity contribution >= 4 is 17.6 Å². The lowest BCUT2D eigenvalue weighted by molar-refractivity contribution is -0.384. The van der Waals surface area contributed by atoms with Crippen LogP contribution in [0.25, 0.3) is 0 Å². The van der Waals surface area contributed by atoms with E-state index in [1.54, 1.807) is 6.92 Å². The van der Waals surface area contributed by atoms with Gasteiger partial charge in [-0.05, 0) is 75.3 Å². The van der Waals surface area contributed by atoms with Crippen molar-refractivity contribution in [2.45, 2.75) is 57.1 Å². The summed E-state index contributed by atoms with van der Waals surface area (Å²) < 4.78 is 5.29. The SMILES string of the molecule is C[C@H](OC(=O)c1ccc([N+](=O)[O-])cc1)C(=O)NC12CC3CC(CC(C3)C1)C2. The van der Waals surface area contributed by atoms with Gasteiger partial charge in [0.15, 0.2) is 6.10 Å². The van der Waals surface area contributed by atoms with Crippen LogP contribution < -0.4 is 5.32 Å². The van der Waals surface area contributed by atoms with Crippen LogP contribution in [0.5, 0.6) is 0 Å². The first-order valence-corrected chi connectivity index (χ1v) is 9.61. The second-order valence-electron chi connectivity index (χ2n) is 8.54. The fourth-order valence-electron chi connectivity index (χ4n) is 5.63. The Morgan fingerprint density at radius 1 is 1.11 bits per heavy atom. The number of ether oxygens (including phenoxy) is 1. The van der Waals surface area contributed by atoms with Crippen LogP contribution in [-0.4, -0.2) is 28.4 Å². The van der Waals surface area contributed by atoms with E-state index < -0.39 is 17.0 Å². The van der Waals surface area contributed by atoms with Crippen LogP contribution >= 0.6 is 0 Å². The van der Waals surface area contributed by atoms with Crippen molar-refractivity contribution in [3.8, 4) is 0 Å². The van der Waals surface area contributed by atoms with Crippen molar-refractivity contribution in [1.29, 1.82) is 0 Å². The maximum atomic E-state index is 12.7. The Morgan fingerprint density at radius 3 is 2.11 bits per heavy atom. The third-order valence-corrected chi connectivity index (χ3v) is 6.39. The number of nitrogens with zero attached hydrogens (tertiary/aromatic N) is 1. The molecule has 27 heavy (non-hydrogen) atoms. The Morgan fingerprint density at radius 2 is 1.63 bits per heavy atom. The van der Waals surface area contributed by atoms with Crippen LogP contribution in [0.4, 0.5) is 5.69 Å². The molecule has 4 aliphatic rings. The molecule has 0 radical (unpaired) electrons. The molecule has 4 bridgehead atoms. The molecular formula is C20H24N2O5. The Balaban J connectivity index is 1.36. The fraction of sp³-hybridized carbons (Fsp3) is 0.600. The molecule has 0 unspecified atom stereocenters. The molecule has 0 aromatic heterocycles. The summed E-state index contributed by atoms with van der Waals surface area (Å²) in [4.78, 5) is 35.0. The minimum absolute atomic E-state index is 0.0980. The summed E-state index contributed by atoms with van der Waals surface area (Å²) in [5, 5.41) is 13.9. The zero-order valence-electron chi connectivity index (χ0n) is 15.3. The van der Waals surface area contributed by atoms with Crippen LogP contribution in [0.3, 0.4) is 0 Å². The molecule has 4 fully saturated rings. The van der Waals surface area contributed by atoms with Gasteiger partial charge in [-0.3, -0.25) is 14.9 Å². The molecular weight excluding hydrogens is 348 g/mol. The summed E-state index contributed by atoms with van der Waals surface area (Å²) in [5.74, 6) is 1.24. The van der Waals surface area contributed by atoms with Crippen molar-refractivity contribution in [3.63, 3.8) is 0 Å². The second-order valence-corrected chi connectivity index (χ2v) is 8.54. The largest absolute Gasteiger partial charge is 0.449 e. The predicted molar refractivity (Wildman–Crippen MR) is 97.0 cm³/mol. The Labute approximate surface area is 157 Å². The lowest BCUT2D eigenvalue weighted by Crippen LogP contribution is -2.61. The highest BCUT2D eigenvalue weighted by atomic mass is 16.6. The number of benzene rings is 1. The molecule has 4 aliphatic carbocycles. The normalized spacial score (nSPS) is 32.0. The molecule has 144 valence electrons. The monoisotopic (exact) mass is 372 g/mol. The quantitative estimate of drug-likeness (QED) is 0.486. The van der Waals surface area contributed by atoms with Gasteiger partial charge in [-0.15, -0.1) is 0 Å². The third kappa shape index (κ3) is 3.55. The van der Waals surface area contributed by atoms with Gasteiger partial charge in [-0.25, -0.2) is 4.79 Å². The summed E-state index contributed by atoms with van der Waals surface area (Å²) in [6.45, 7) is 1.57. The van der Waals surface area contributed by atoms with Crippen LogP contribution in [0.2, 0.25) is 0 Å². The predicted octanol–water partition coefficient (Wildman–Crippen LogP) is 3.23. The van der Waals surface area contributed by atoms with Gasteiger partial charge in [-0.2, -0.15) is 0 Å². The lowest BCUT2D eigenvalue weighted by Gasteiger charge is -2.57. The maximum Gasteiger partial charge on any atom is 0.338 e. The van der Waals surface area contributed by atoms with Crippen molar-refractivity contribution in [1.82, 2.24) is 5.32 Å². The Hall–Kier alpha value is -2.44. The summed E-state index contributed by atoms with van der Waals surface area (Å²) >= 11 is 0. The highest BCUT2D eigenvalue weighted by Crippen LogP contribution is 2.55. The molecule has 4 saturated carbocycles. The molecule has 0 spiro atoms. The Bertz CT molecular complexity index is 738. The first-order valence-electron chi connectivity index (χ1n) is 9.61. The fourth-order valence-corrected chi connectivity index (χ4v) is 5.63. The summed E-state index contributed by atoms with van der Waals surface area (Å²) in [5.41, 5.74) is -0.0333. The van der Waals surface area contributed by atoms with E-state index in [9.17, 15) is 19.7 Å².